The zero-order chi connectivity index (χ0) is 14.4. The first-order valence-corrected chi connectivity index (χ1v) is 6.06. The Morgan fingerprint density at radius 3 is 2.74 bits per heavy atom. The molecule has 1 fully saturated rings. The lowest BCUT2D eigenvalue weighted by atomic mass is 10.2. The number of carboxylic acid groups (broad SMARTS) is 1. The summed E-state index contributed by atoms with van der Waals surface area (Å²) in [6, 6.07) is -1.20. The molecule has 0 bridgehead atoms. The van der Waals surface area contributed by atoms with Gasteiger partial charge in [-0.05, 0) is 6.92 Å². The number of likely N-dealkylation sites (N-methyl/N-ethyl adjacent to an activating group) is 2. The van der Waals surface area contributed by atoms with Gasteiger partial charge in [0, 0.05) is 20.1 Å². The van der Waals surface area contributed by atoms with Gasteiger partial charge in [0.2, 0.25) is 5.91 Å². The first-order chi connectivity index (χ1) is 8.97. The lowest BCUT2D eigenvalue weighted by Gasteiger charge is -2.36. The van der Waals surface area contributed by atoms with E-state index in [2.05, 4.69) is 5.32 Å². The van der Waals surface area contributed by atoms with Gasteiger partial charge < -0.3 is 25.0 Å². The number of hydrogen-bond acceptors (Lipinski definition) is 4. The molecule has 0 spiro atoms. The molecule has 1 aliphatic heterocycles. The highest BCUT2D eigenvalue weighted by atomic mass is 16.5. The summed E-state index contributed by atoms with van der Waals surface area (Å²) in [7, 11) is 1.39. The molecule has 0 saturated carbocycles. The molecule has 1 aliphatic rings. The van der Waals surface area contributed by atoms with Crippen molar-refractivity contribution in [3.8, 4) is 0 Å². The molecule has 2 N–H and O–H groups in total. The summed E-state index contributed by atoms with van der Waals surface area (Å²) in [6.45, 7) is 2.57. The number of amides is 3. The topological polar surface area (TPSA) is 99.2 Å². The van der Waals surface area contributed by atoms with Crippen molar-refractivity contribution in [1.82, 2.24) is 15.1 Å². The van der Waals surface area contributed by atoms with Gasteiger partial charge in [-0.2, -0.15) is 0 Å². The van der Waals surface area contributed by atoms with Crippen LogP contribution in [-0.4, -0.2) is 78.8 Å². The van der Waals surface area contributed by atoms with E-state index in [1.165, 1.54) is 11.9 Å². The predicted octanol–water partition coefficient (Wildman–Crippen LogP) is -1.04. The second-order valence-corrected chi connectivity index (χ2v) is 4.21. The normalized spacial score (nSPS) is 18.8. The third kappa shape index (κ3) is 4.09. The van der Waals surface area contributed by atoms with Crippen LogP contribution < -0.4 is 5.32 Å². The lowest BCUT2D eigenvalue weighted by Crippen LogP contribution is -2.58. The second-order valence-electron chi connectivity index (χ2n) is 4.21. The number of aliphatic carboxylic acids is 1. The molecule has 0 aliphatic carbocycles. The molecule has 1 rings (SSSR count). The first-order valence-electron chi connectivity index (χ1n) is 6.06. The van der Waals surface area contributed by atoms with Crippen LogP contribution in [0.25, 0.3) is 0 Å². The minimum absolute atomic E-state index is 0.123. The molecular formula is C11H19N3O5. The van der Waals surface area contributed by atoms with Crippen LogP contribution in [0.3, 0.4) is 0 Å². The van der Waals surface area contributed by atoms with Gasteiger partial charge in [-0.25, -0.2) is 4.79 Å². The van der Waals surface area contributed by atoms with Crippen LogP contribution in [0.15, 0.2) is 0 Å². The summed E-state index contributed by atoms with van der Waals surface area (Å²) < 4.78 is 5.20. The van der Waals surface area contributed by atoms with Crippen molar-refractivity contribution in [2.75, 3.05) is 39.9 Å². The summed E-state index contributed by atoms with van der Waals surface area (Å²) in [5, 5.41) is 11.3. The van der Waals surface area contributed by atoms with E-state index in [4.69, 9.17) is 9.84 Å². The average molecular weight is 273 g/mol. The van der Waals surface area contributed by atoms with Crippen molar-refractivity contribution in [2.45, 2.75) is 13.0 Å². The van der Waals surface area contributed by atoms with Crippen LogP contribution in [0.4, 0.5) is 4.79 Å². The van der Waals surface area contributed by atoms with Crippen LogP contribution in [0.5, 0.6) is 0 Å². The molecule has 19 heavy (non-hydrogen) atoms. The number of carboxylic acids is 1. The number of ether oxygens (including phenoxy) is 1. The molecule has 3 amide bonds. The Balaban J connectivity index is 2.73. The van der Waals surface area contributed by atoms with E-state index in [0.29, 0.717) is 13.2 Å². The Morgan fingerprint density at radius 2 is 2.16 bits per heavy atom. The highest BCUT2D eigenvalue weighted by Gasteiger charge is 2.34. The molecule has 0 aromatic carbocycles. The molecule has 0 radical (unpaired) electrons. The highest BCUT2D eigenvalue weighted by molar-refractivity contribution is 5.88. The number of morpholine rings is 1. The summed E-state index contributed by atoms with van der Waals surface area (Å²) in [5.74, 6) is -1.39. The van der Waals surface area contributed by atoms with Crippen molar-refractivity contribution in [3.63, 3.8) is 0 Å². The first kappa shape index (κ1) is 15.2. The molecule has 1 heterocycles. The smallest absolute Gasteiger partial charge is 0.323 e. The van der Waals surface area contributed by atoms with E-state index < -0.39 is 24.6 Å². The molecular weight excluding hydrogens is 254 g/mol. The fourth-order valence-corrected chi connectivity index (χ4v) is 1.83. The zero-order valence-corrected chi connectivity index (χ0v) is 11.1. The SMILES string of the molecule is CCNC(=O)C1COCCN1C(=O)N(C)CC(=O)O. The van der Waals surface area contributed by atoms with Crippen molar-refractivity contribution in [1.29, 1.82) is 0 Å². The second kappa shape index (κ2) is 6.93. The molecule has 0 aromatic heterocycles. The average Bonchev–Trinajstić information content (AvgIpc) is 2.37. The molecule has 0 aromatic rings. The van der Waals surface area contributed by atoms with Crippen molar-refractivity contribution in [3.05, 3.63) is 0 Å². The van der Waals surface area contributed by atoms with Gasteiger partial charge in [0.05, 0.1) is 13.2 Å². The minimum Gasteiger partial charge on any atom is -0.480 e. The number of hydrogen-bond donors (Lipinski definition) is 2. The number of carbonyl (C=O) groups is 3. The van der Waals surface area contributed by atoms with Crippen molar-refractivity contribution in [2.24, 2.45) is 0 Å². The van der Waals surface area contributed by atoms with Crippen molar-refractivity contribution < 1.29 is 24.2 Å². The van der Waals surface area contributed by atoms with Gasteiger partial charge in [0.25, 0.3) is 0 Å². The Labute approximate surface area is 111 Å². The van der Waals surface area contributed by atoms with Crippen molar-refractivity contribution >= 4 is 17.9 Å². The Bertz CT molecular complexity index is 360. The van der Waals surface area contributed by atoms with Gasteiger partial charge in [0.1, 0.15) is 12.6 Å². The van der Waals surface area contributed by atoms with Crippen LogP contribution in [0.1, 0.15) is 6.92 Å². The van der Waals surface area contributed by atoms with Gasteiger partial charge in [-0.15, -0.1) is 0 Å². The van der Waals surface area contributed by atoms with Gasteiger partial charge in [-0.3, -0.25) is 9.59 Å². The molecule has 1 atom stereocenters. The largest absolute Gasteiger partial charge is 0.480 e. The maximum atomic E-state index is 12.1. The molecule has 1 unspecified atom stereocenters. The third-order valence-corrected chi connectivity index (χ3v) is 2.73. The maximum Gasteiger partial charge on any atom is 0.323 e. The highest BCUT2D eigenvalue weighted by Crippen LogP contribution is 2.10. The van der Waals surface area contributed by atoms with Crippen LogP contribution in [0, 0.1) is 0 Å². The third-order valence-electron chi connectivity index (χ3n) is 2.73. The number of rotatable bonds is 4. The van der Waals surface area contributed by atoms with E-state index in [-0.39, 0.29) is 19.1 Å². The lowest BCUT2D eigenvalue weighted by molar-refractivity contribution is -0.137. The standard InChI is InChI=1S/C11H19N3O5/c1-3-12-10(17)8-7-19-5-4-14(8)11(18)13(2)6-9(15)16/h8H,3-7H2,1-2H3,(H,12,17)(H,15,16). The van der Waals surface area contributed by atoms with E-state index in [1.54, 1.807) is 6.92 Å². The fraction of sp³-hybridized carbons (Fsp3) is 0.727. The van der Waals surface area contributed by atoms with E-state index in [0.717, 1.165) is 4.90 Å². The summed E-state index contributed by atoms with van der Waals surface area (Å²) in [5.41, 5.74) is 0. The molecule has 108 valence electrons. The Morgan fingerprint density at radius 1 is 1.47 bits per heavy atom. The molecule has 8 heteroatoms. The quantitative estimate of drug-likeness (QED) is 0.681. The van der Waals surface area contributed by atoms with Gasteiger partial charge in [-0.1, -0.05) is 0 Å². The van der Waals surface area contributed by atoms with Gasteiger partial charge >= 0.3 is 12.0 Å². The van der Waals surface area contributed by atoms with Crippen LogP contribution in [0.2, 0.25) is 0 Å². The van der Waals surface area contributed by atoms with Crippen LogP contribution >= 0.6 is 0 Å². The summed E-state index contributed by atoms with van der Waals surface area (Å²) in [6.07, 6.45) is 0. The monoisotopic (exact) mass is 273 g/mol. The van der Waals surface area contributed by atoms with E-state index >= 15 is 0 Å². The van der Waals surface area contributed by atoms with E-state index in [1.807, 2.05) is 0 Å². The summed E-state index contributed by atoms with van der Waals surface area (Å²) in [4.78, 5) is 37.0. The number of urea groups is 1. The Hall–Kier alpha value is -1.83. The van der Waals surface area contributed by atoms with Gasteiger partial charge in [0.15, 0.2) is 0 Å². The maximum absolute atomic E-state index is 12.1. The predicted molar refractivity (Wildman–Crippen MR) is 65.7 cm³/mol. The number of nitrogens with one attached hydrogen (secondary N) is 1. The molecule has 1 saturated heterocycles. The number of carbonyl (C=O) groups excluding carboxylic acids is 2. The fourth-order valence-electron chi connectivity index (χ4n) is 1.83. The Kier molecular flexibility index (Phi) is 5.56. The number of nitrogens with zero attached hydrogens (tertiary/aromatic N) is 2. The van der Waals surface area contributed by atoms with E-state index in [9.17, 15) is 14.4 Å². The summed E-state index contributed by atoms with van der Waals surface area (Å²) >= 11 is 0. The minimum atomic E-state index is -1.10. The van der Waals surface area contributed by atoms with Crippen LogP contribution in [-0.2, 0) is 14.3 Å². The molecule has 8 nitrogen and oxygen atoms in total. The zero-order valence-electron chi connectivity index (χ0n) is 11.1.